The van der Waals surface area contributed by atoms with Crippen LogP contribution in [0.4, 0.5) is 0 Å². The van der Waals surface area contributed by atoms with Crippen molar-refractivity contribution in [2.24, 2.45) is 0 Å². The summed E-state index contributed by atoms with van der Waals surface area (Å²) in [6, 6.07) is 0. The summed E-state index contributed by atoms with van der Waals surface area (Å²) in [5.41, 5.74) is 1.14. The molecule has 2 rings (SSSR count). The first-order chi connectivity index (χ1) is 6.24. The van der Waals surface area contributed by atoms with Gasteiger partial charge in [0.25, 0.3) is 0 Å². The van der Waals surface area contributed by atoms with Crippen molar-refractivity contribution in [1.82, 2.24) is 5.16 Å². The highest BCUT2D eigenvalue weighted by Gasteiger charge is 2.32. The molecule has 0 bridgehead atoms. The van der Waals surface area contributed by atoms with Gasteiger partial charge in [0, 0.05) is 11.5 Å². The lowest BCUT2D eigenvalue weighted by Gasteiger charge is -1.94. The summed E-state index contributed by atoms with van der Waals surface area (Å²) in [6.07, 6.45) is 2.27. The summed E-state index contributed by atoms with van der Waals surface area (Å²) in [4.78, 5) is 11.1. The SMILES string of the molecule is COC(=O)c1noc(C2CC2)c1C. The van der Waals surface area contributed by atoms with Crippen molar-refractivity contribution in [3.8, 4) is 0 Å². The quantitative estimate of drug-likeness (QED) is 0.651. The third kappa shape index (κ3) is 1.32. The van der Waals surface area contributed by atoms with E-state index in [1.807, 2.05) is 6.92 Å². The molecule has 0 aromatic carbocycles. The van der Waals surface area contributed by atoms with Crippen molar-refractivity contribution in [3.05, 3.63) is 17.0 Å². The minimum absolute atomic E-state index is 0.310. The molecule has 1 aliphatic rings. The van der Waals surface area contributed by atoms with Crippen LogP contribution in [0.2, 0.25) is 0 Å². The van der Waals surface area contributed by atoms with Crippen molar-refractivity contribution in [2.45, 2.75) is 25.7 Å². The van der Waals surface area contributed by atoms with E-state index in [1.54, 1.807) is 0 Å². The Kier molecular flexibility index (Phi) is 1.83. The van der Waals surface area contributed by atoms with Crippen LogP contribution < -0.4 is 0 Å². The largest absolute Gasteiger partial charge is 0.464 e. The second-order valence-corrected chi connectivity index (χ2v) is 3.29. The van der Waals surface area contributed by atoms with Crippen LogP contribution in [0.1, 0.15) is 40.6 Å². The van der Waals surface area contributed by atoms with E-state index in [9.17, 15) is 4.79 Å². The number of carbonyl (C=O) groups excluding carboxylic acids is 1. The highest BCUT2D eigenvalue weighted by Crippen LogP contribution is 2.42. The van der Waals surface area contributed by atoms with Gasteiger partial charge in [-0.05, 0) is 19.8 Å². The lowest BCUT2D eigenvalue weighted by atomic mass is 10.1. The van der Waals surface area contributed by atoms with Crippen LogP contribution >= 0.6 is 0 Å². The zero-order chi connectivity index (χ0) is 9.42. The molecule has 1 fully saturated rings. The molecule has 0 radical (unpaired) electrons. The van der Waals surface area contributed by atoms with Crippen molar-refractivity contribution < 1.29 is 14.1 Å². The number of carbonyl (C=O) groups is 1. The molecule has 0 atom stereocenters. The molecule has 4 nitrogen and oxygen atoms in total. The molecule has 0 N–H and O–H groups in total. The van der Waals surface area contributed by atoms with E-state index in [-0.39, 0.29) is 0 Å². The Bertz CT molecular complexity index is 339. The zero-order valence-corrected chi connectivity index (χ0v) is 7.66. The van der Waals surface area contributed by atoms with Crippen molar-refractivity contribution in [3.63, 3.8) is 0 Å². The summed E-state index contributed by atoms with van der Waals surface area (Å²) < 4.78 is 9.66. The smallest absolute Gasteiger partial charge is 0.360 e. The minimum Gasteiger partial charge on any atom is -0.464 e. The van der Waals surface area contributed by atoms with Gasteiger partial charge in [0.1, 0.15) is 5.76 Å². The molecule has 0 saturated heterocycles. The molecule has 0 unspecified atom stereocenters. The monoisotopic (exact) mass is 181 g/mol. The van der Waals surface area contributed by atoms with E-state index in [2.05, 4.69) is 9.89 Å². The van der Waals surface area contributed by atoms with E-state index >= 15 is 0 Å². The number of aromatic nitrogens is 1. The summed E-state index contributed by atoms with van der Waals surface area (Å²) in [7, 11) is 1.34. The molecule has 0 aliphatic heterocycles. The number of esters is 1. The first kappa shape index (κ1) is 8.29. The lowest BCUT2D eigenvalue weighted by Crippen LogP contribution is -2.03. The normalized spacial score (nSPS) is 15.8. The molecule has 1 aromatic rings. The predicted octanol–water partition coefficient (Wildman–Crippen LogP) is 1.65. The fourth-order valence-corrected chi connectivity index (χ4v) is 1.36. The molecular weight excluding hydrogens is 170 g/mol. The molecule has 1 aliphatic carbocycles. The number of methoxy groups -OCH3 is 1. The van der Waals surface area contributed by atoms with E-state index in [0.717, 1.165) is 24.2 Å². The number of hydrogen-bond donors (Lipinski definition) is 0. The van der Waals surface area contributed by atoms with Gasteiger partial charge in [-0.3, -0.25) is 0 Å². The van der Waals surface area contributed by atoms with E-state index in [4.69, 9.17) is 4.52 Å². The Labute approximate surface area is 75.9 Å². The predicted molar refractivity (Wildman–Crippen MR) is 44.6 cm³/mol. The van der Waals surface area contributed by atoms with Crippen LogP contribution in [-0.4, -0.2) is 18.2 Å². The molecule has 4 heteroatoms. The highest BCUT2D eigenvalue weighted by atomic mass is 16.5. The Hall–Kier alpha value is -1.32. The van der Waals surface area contributed by atoms with Gasteiger partial charge in [-0.1, -0.05) is 5.16 Å². The Morgan fingerprint density at radius 2 is 2.31 bits per heavy atom. The molecular formula is C9H11NO3. The van der Waals surface area contributed by atoms with Gasteiger partial charge in [0.15, 0.2) is 5.69 Å². The average Bonchev–Trinajstić information content (AvgIpc) is 2.90. The van der Waals surface area contributed by atoms with Gasteiger partial charge in [0.05, 0.1) is 7.11 Å². The van der Waals surface area contributed by atoms with Gasteiger partial charge in [-0.25, -0.2) is 4.79 Å². The van der Waals surface area contributed by atoms with Gasteiger partial charge in [0.2, 0.25) is 0 Å². The number of hydrogen-bond acceptors (Lipinski definition) is 4. The zero-order valence-electron chi connectivity index (χ0n) is 7.66. The molecule has 1 heterocycles. The molecule has 0 spiro atoms. The Morgan fingerprint density at radius 1 is 1.62 bits per heavy atom. The molecule has 1 aromatic heterocycles. The van der Waals surface area contributed by atoms with Gasteiger partial charge in [-0.15, -0.1) is 0 Å². The van der Waals surface area contributed by atoms with Gasteiger partial charge < -0.3 is 9.26 Å². The summed E-state index contributed by atoms with van der Waals surface area (Å²) in [5, 5.41) is 3.70. The van der Waals surface area contributed by atoms with Crippen LogP contribution in [0.5, 0.6) is 0 Å². The average molecular weight is 181 g/mol. The third-order valence-corrected chi connectivity index (χ3v) is 2.29. The molecule has 0 amide bonds. The van der Waals surface area contributed by atoms with Crippen molar-refractivity contribution in [2.75, 3.05) is 7.11 Å². The maximum Gasteiger partial charge on any atom is 0.360 e. The van der Waals surface area contributed by atoms with Crippen LogP contribution in [0.25, 0.3) is 0 Å². The Morgan fingerprint density at radius 3 is 2.85 bits per heavy atom. The summed E-state index contributed by atoms with van der Waals surface area (Å²) in [6.45, 7) is 1.84. The third-order valence-electron chi connectivity index (χ3n) is 2.29. The molecule has 1 saturated carbocycles. The second-order valence-electron chi connectivity index (χ2n) is 3.29. The fourth-order valence-electron chi connectivity index (χ4n) is 1.36. The topological polar surface area (TPSA) is 52.3 Å². The fraction of sp³-hybridized carbons (Fsp3) is 0.556. The maximum absolute atomic E-state index is 11.1. The van der Waals surface area contributed by atoms with Crippen LogP contribution in [-0.2, 0) is 4.74 Å². The molecule has 13 heavy (non-hydrogen) atoms. The minimum atomic E-state index is -0.423. The summed E-state index contributed by atoms with van der Waals surface area (Å²) >= 11 is 0. The highest BCUT2D eigenvalue weighted by molar-refractivity contribution is 5.88. The number of rotatable bonds is 2. The van der Waals surface area contributed by atoms with Crippen LogP contribution in [0.3, 0.4) is 0 Å². The standard InChI is InChI=1S/C9H11NO3/c1-5-7(9(11)12-2)10-13-8(5)6-3-4-6/h6H,3-4H2,1-2H3. The lowest BCUT2D eigenvalue weighted by molar-refractivity contribution is 0.0588. The van der Waals surface area contributed by atoms with E-state index < -0.39 is 5.97 Å². The first-order valence-electron chi connectivity index (χ1n) is 4.28. The van der Waals surface area contributed by atoms with Crippen molar-refractivity contribution in [1.29, 1.82) is 0 Å². The number of nitrogens with zero attached hydrogens (tertiary/aromatic N) is 1. The van der Waals surface area contributed by atoms with Gasteiger partial charge >= 0.3 is 5.97 Å². The molecule has 70 valence electrons. The Balaban J connectivity index is 2.32. The van der Waals surface area contributed by atoms with Crippen LogP contribution in [0, 0.1) is 6.92 Å². The van der Waals surface area contributed by atoms with Gasteiger partial charge in [-0.2, -0.15) is 0 Å². The number of ether oxygens (including phenoxy) is 1. The van der Waals surface area contributed by atoms with E-state index in [0.29, 0.717) is 11.6 Å². The van der Waals surface area contributed by atoms with Crippen LogP contribution in [0.15, 0.2) is 4.52 Å². The maximum atomic E-state index is 11.1. The van der Waals surface area contributed by atoms with E-state index in [1.165, 1.54) is 7.11 Å². The first-order valence-corrected chi connectivity index (χ1v) is 4.28. The second kappa shape index (κ2) is 2.87. The van der Waals surface area contributed by atoms with Crippen molar-refractivity contribution >= 4 is 5.97 Å². The summed E-state index contributed by atoms with van der Waals surface area (Å²) in [5.74, 6) is 0.902.